The standard InChI is InChI=1S/C18H26N2O.ClH/c1-13-4-6-15(7-5-13)14(2)20(3)17(21)16-12-18(16)8-10-19-11-9-18;/h4-7,14,16,19H,8-12H2,1-3H3;1H. The molecule has 1 aromatic rings. The highest BCUT2D eigenvalue weighted by molar-refractivity contribution is 5.85. The van der Waals surface area contributed by atoms with Crippen LogP contribution in [0.2, 0.25) is 0 Å². The number of benzene rings is 1. The van der Waals surface area contributed by atoms with Crippen LogP contribution in [0.5, 0.6) is 0 Å². The van der Waals surface area contributed by atoms with Crippen LogP contribution in [-0.2, 0) is 4.79 Å². The molecule has 0 aromatic heterocycles. The smallest absolute Gasteiger partial charge is 0.226 e. The minimum Gasteiger partial charge on any atom is -0.339 e. The lowest BCUT2D eigenvalue weighted by Crippen LogP contribution is -2.35. The van der Waals surface area contributed by atoms with Gasteiger partial charge in [-0.05, 0) is 57.2 Å². The van der Waals surface area contributed by atoms with Crippen LogP contribution in [0.3, 0.4) is 0 Å². The molecule has 1 saturated carbocycles. The van der Waals surface area contributed by atoms with Crippen molar-refractivity contribution >= 4 is 18.3 Å². The molecule has 1 aromatic carbocycles. The molecule has 2 unspecified atom stereocenters. The Morgan fingerprint density at radius 2 is 1.86 bits per heavy atom. The molecule has 1 aliphatic heterocycles. The van der Waals surface area contributed by atoms with E-state index in [1.165, 1.54) is 11.1 Å². The molecule has 1 spiro atoms. The summed E-state index contributed by atoms with van der Waals surface area (Å²) in [7, 11) is 1.96. The highest BCUT2D eigenvalue weighted by atomic mass is 35.5. The van der Waals surface area contributed by atoms with Crippen molar-refractivity contribution in [3.05, 3.63) is 35.4 Å². The van der Waals surface area contributed by atoms with Crippen molar-refractivity contribution in [3.63, 3.8) is 0 Å². The first-order valence-corrected chi connectivity index (χ1v) is 8.07. The number of nitrogens with one attached hydrogen (secondary N) is 1. The minimum absolute atomic E-state index is 0. The minimum atomic E-state index is 0. The largest absolute Gasteiger partial charge is 0.339 e. The van der Waals surface area contributed by atoms with Crippen LogP contribution < -0.4 is 5.32 Å². The zero-order valence-electron chi connectivity index (χ0n) is 13.8. The number of rotatable bonds is 3. The molecule has 122 valence electrons. The van der Waals surface area contributed by atoms with Crippen molar-refractivity contribution in [1.29, 1.82) is 0 Å². The quantitative estimate of drug-likeness (QED) is 0.925. The molecule has 1 aliphatic carbocycles. The highest BCUT2D eigenvalue weighted by Crippen LogP contribution is 2.59. The molecule has 1 heterocycles. The van der Waals surface area contributed by atoms with Crippen LogP contribution >= 0.6 is 12.4 Å². The Kier molecular flexibility index (Phi) is 5.18. The number of hydrogen-bond donors (Lipinski definition) is 1. The van der Waals surface area contributed by atoms with E-state index in [4.69, 9.17) is 0 Å². The normalized spacial score (nSPS) is 23.5. The molecular weight excluding hydrogens is 296 g/mol. The van der Waals surface area contributed by atoms with Crippen LogP contribution in [0.15, 0.2) is 24.3 Å². The second-order valence-corrected chi connectivity index (χ2v) is 6.90. The molecule has 4 heteroatoms. The van der Waals surface area contributed by atoms with E-state index in [1.807, 2.05) is 11.9 Å². The molecule has 2 fully saturated rings. The maximum atomic E-state index is 12.8. The van der Waals surface area contributed by atoms with E-state index in [1.54, 1.807) is 0 Å². The molecule has 0 radical (unpaired) electrons. The summed E-state index contributed by atoms with van der Waals surface area (Å²) in [5.74, 6) is 0.600. The fourth-order valence-corrected chi connectivity index (χ4v) is 3.68. The van der Waals surface area contributed by atoms with Gasteiger partial charge in [-0.2, -0.15) is 0 Å². The zero-order valence-corrected chi connectivity index (χ0v) is 14.6. The Hall–Kier alpha value is -1.06. The van der Waals surface area contributed by atoms with Gasteiger partial charge in [0.15, 0.2) is 0 Å². The van der Waals surface area contributed by atoms with Crippen LogP contribution in [0.1, 0.15) is 43.4 Å². The number of carbonyl (C=O) groups excluding carboxylic acids is 1. The van der Waals surface area contributed by atoms with E-state index < -0.39 is 0 Å². The van der Waals surface area contributed by atoms with Gasteiger partial charge in [-0.1, -0.05) is 29.8 Å². The molecule has 1 saturated heterocycles. The topological polar surface area (TPSA) is 32.3 Å². The SMILES string of the molecule is Cc1ccc(C(C)N(C)C(=O)C2CC23CCNCC3)cc1.Cl. The first-order valence-electron chi connectivity index (χ1n) is 8.07. The number of carbonyl (C=O) groups is 1. The first-order chi connectivity index (χ1) is 10.0. The van der Waals surface area contributed by atoms with Gasteiger partial charge in [0.2, 0.25) is 5.91 Å². The van der Waals surface area contributed by atoms with E-state index in [0.29, 0.717) is 11.3 Å². The van der Waals surface area contributed by atoms with E-state index in [-0.39, 0.29) is 24.4 Å². The number of aryl methyl sites for hydroxylation is 1. The number of hydrogen-bond acceptors (Lipinski definition) is 2. The zero-order chi connectivity index (χ0) is 15.0. The summed E-state index contributed by atoms with van der Waals surface area (Å²) in [5.41, 5.74) is 2.80. The average molecular weight is 323 g/mol. The summed E-state index contributed by atoms with van der Waals surface area (Å²) in [6.07, 6.45) is 3.42. The van der Waals surface area contributed by atoms with Crippen LogP contribution in [0.4, 0.5) is 0 Å². The van der Waals surface area contributed by atoms with Gasteiger partial charge in [-0.15, -0.1) is 12.4 Å². The third-order valence-electron chi connectivity index (χ3n) is 5.58. The van der Waals surface area contributed by atoms with E-state index in [9.17, 15) is 4.79 Å². The molecule has 2 aliphatic rings. The third kappa shape index (κ3) is 3.16. The number of piperidine rings is 1. The predicted molar refractivity (Wildman–Crippen MR) is 92.3 cm³/mol. The Morgan fingerprint density at radius 1 is 1.27 bits per heavy atom. The molecule has 1 amide bonds. The second kappa shape index (κ2) is 6.59. The van der Waals surface area contributed by atoms with Gasteiger partial charge in [0.25, 0.3) is 0 Å². The predicted octanol–water partition coefficient (Wildman–Crippen LogP) is 3.33. The second-order valence-electron chi connectivity index (χ2n) is 6.90. The maximum absolute atomic E-state index is 12.8. The van der Waals surface area contributed by atoms with Gasteiger partial charge in [0.1, 0.15) is 0 Å². The van der Waals surface area contributed by atoms with Crippen LogP contribution in [-0.4, -0.2) is 30.9 Å². The fraction of sp³-hybridized carbons (Fsp3) is 0.611. The molecule has 0 bridgehead atoms. The van der Waals surface area contributed by atoms with E-state index in [2.05, 4.69) is 43.4 Å². The van der Waals surface area contributed by atoms with Gasteiger partial charge in [0.05, 0.1) is 6.04 Å². The van der Waals surface area contributed by atoms with E-state index in [0.717, 1.165) is 32.4 Å². The summed E-state index contributed by atoms with van der Waals surface area (Å²) in [6, 6.07) is 8.66. The highest BCUT2D eigenvalue weighted by Gasteiger charge is 2.58. The van der Waals surface area contributed by atoms with Gasteiger partial charge in [0, 0.05) is 13.0 Å². The molecule has 3 nitrogen and oxygen atoms in total. The summed E-state index contributed by atoms with van der Waals surface area (Å²) in [6.45, 7) is 6.36. The lowest BCUT2D eigenvalue weighted by molar-refractivity contribution is -0.134. The van der Waals surface area contributed by atoms with Crippen molar-refractivity contribution in [2.24, 2.45) is 11.3 Å². The Bertz CT molecular complexity index is 522. The van der Waals surface area contributed by atoms with Gasteiger partial charge in [-0.3, -0.25) is 4.79 Å². The van der Waals surface area contributed by atoms with Crippen molar-refractivity contribution in [2.45, 2.75) is 39.2 Å². The van der Waals surface area contributed by atoms with Crippen molar-refractivity contribution < 1.29 is 4.79 Å². The number of halogens is 1. The summed E-state index contributed by atoms with van der Waals surface area (Å²) in [4.78, 5) is 14.7. The average Bonchev–Trinajstić information content (AvgIpc) is 3.19. The molecular formula is C18H27ClN2O. The van der Waals surface area contributed by atoms with Gasteiger partial charge >= 0.3 is 0 Å². The Morgan fingerprint density at radius 3 is 2.45 bits per heavy atom. The molecule has 2 atom stereocenters. The number of nitrogens with zero attached hydrogens (tertiary/aromatic N) is 1. The Balaban J connectivity index is 0.00000176. The maximum Gasteiger partial charge on any atom is 0.226 e. The third-order valence-corrected chi connectivity index (χ3v) is 5.58. The summed E-state index contributed by atoms with van der Waals surface area (Å²) >= 11 is 0. The lowest BCUT2D eigenvalue weighted by atomic mass is 9.91. The number of amides is 1. The van der Waals surface area contributed by atoms with Gasteiger partial charge in [-0.25, -0.2) is 0 Å². The summed E-state index contributed by atoms with van der Waals surface area (Å²) < 4.78 is 0. The molecule has 22 heavy (non-hydrogen) atoms. The fourth-order valence-electron chi connectivity index (χ4n) is 3.68. The van der Waals surface area contributed by atoms with Crippen molar-refractivity contribution in [3.8, 4) is 0 Å². The van der Waals surface area contributed by atoms with Crippen LogP contribution in [0, 0.1) is 18.3 Å². The van der Waals surface area contributed by atoms with Crippen molar-refractivity contribution in [2.75, 3.05) is 20.1 Å². The lowest BCUT2D eigenvalue weighted by Gasteiger charge is -2.28. The van der Waals surface area contributed by atoms with Gasteiger partial charge < -0.3 is 10.2 Å². The monoisotopic (exact) mass is 322 g/mol. The van der Waals surface area contributed by atoms with Crippen LogP contribution in [0.25, 0.3) is 0 Å². The summed E-state index contributed by atoms with van der Waals surface area (Å²) in [5, 5.41) is 3.40. The molecule has 1 N–H and O–H groups in total. The first kappa shape index (κ1) is 17.3. The Labute approximate surface area is 139 Å². The van der Waals surface area contributed by atoms with E-state index >= 15 is 0 Å². The van der Waals surface area contributed by atoms with Crippen molar-refractivity contribution in [1.82, 2.24) is 10.2 Å². The molecule has 3 rings (SSSR count).